The average molecular weight is 579 g/mol. The molecule has 0 bridgehead atoms. The van der Waals surface area contributed by atoms with Gasteiger partial charge in [0.15, 0.2) is 28.7 Å². The molecule has 3 aromatic carbocycles. The summed E-state index contributed by atoms with van der Waals surface area (Å²) in [6.45, 7) is 1.80. The first kappa shape index (κ1) is 28.3. The quantitative estimate of drug-likeness (QED) is 0.240. The molecule has 5 rings (SSSR count). The Balaban J connectivity index is 1.24. The summed E-state index contributed by atoms with van der Waals surface area (Å²) in [4.78, 5) is 20.1. The number of piperidine rings is 1. The van der Waals surface area contributed by atoms with Crippen molar-refractivity contribution in [1.29, 1.82) is 0 Å². The molecule has 2 heterocycles. The molecule has 1 N–H and O–H groups in total. The van der Waals surface area contributed by atoms with Crippen molar-refractivity contribution >= 4 is 23.2 Å². The zero-order valence-corrected chi connectivity index (χ0v) is 23.8. The van der Waals surface area contributed by atoms with Crippen LogP contribution in [0.2, 0.25) is 5.02 Å². The van der Waals surface area contributed by atoms with Gasteiger partial charge in [0.05, 0.1) is 39.5 Å². The second-order valence-electron chi connectivity index (χ2n) is 9.54. The first-order chi connectivity index (χ1) is 20.0. The molecule has 0 spiro atoms. The Morgan fingerprint density at radius 1 is 0.976 bits per heavy atom. The number of nitrogens with zero attached hydrogens (tertiary/aromatic N) is 3. The summed E-state index contributed by atoms with van der Waals surface area (Å²) in [6.07, 6.45) is 1.61. The Hall–Kier alpha value is -4.28. The summed E-state index contributed by atoms with van der Waals surface area (Å²) >= 11 is 6.26. The highest BCUT2D eigenvalue weighted by atomic mass is 35.5. The number of amides is 1. The van der Waals surface area contributed by atoms with E-state index in [1.54, 1.807) is 63.8 Å². The van der Waals surface area contributed by atoms with E-state index in [1.807, 2.05) is 18.2 Å². The van der Waals surface area contributed by atoms with E-state index in [1.165, 1.54) is 0 Å². The molecule has 0 aliphatic carbocycles. The van der Waals surface area contributed by atoms with Crippen molar-refractivity contribution in [2.24, 2.45) is 5.92 Å². The predicted octanol–water partition coefficient (Wildman–Crippen LogP) is 6.06. The molecule has 1 atom stereocenters. The molecule has 0 saturated carbocycles. The maximum Gasteiger partial charge on any atom is 0.241 e. The number of ether oxygens (including phenoxy) is 4. The zero-order chi connectivity index (χ0) is 28.8. The van der Waals surface area contributed by atoms with Crippen LogP contribution in [0, 0.1) is 5.92 Å². The monoisotopic (exact) mass is 578 g/mol. The third-order valence-electron chi connectivity index (χ3n) is 6.83. The number of nitrogens with one attached hydrogen (secondary N) is 1. The number of likely N-dealkylation sites (tertiary alicyclic amines) is 1. The standard InChI is InChI=1S/C30H31ClN4O6/c1-37-24-8-4-5-9-26(24)40-23-13-11-21(31)16-22(23)32-30(36)20-7-6-14-35(17-20)18-28-33-29(34-41-28)19-10-12-25(38-2)27(15-19)39-3/h4-5,8-13,15-16,20H,6-7,14,17-18H2,1-3H3,(H,32,36). The van der Waals surface area contributed by atoms with Gasteiger partial charge >= 0.3 is 0 Å². The van der Waals surface area contributed by atoms with Crippen molar-refractivity contribution in [1.82, 2.24) is 15.0 Å². The van der Waals surface area contributed by atoms with Gasteiger partial charge in [-0.15, -0.1) is 0 Å². The van der Waals surface area contributed by atoms with Crippen LogP contribution in [0.3, 0.4) is 0 Å². The third-order valence-corrected chi connectivity index (χ3v) is 7.07. The van der Waals surface area contributed by atoms with Gasteiger partial charge in [-0.3, -0.25) is 9.69 Å². The molecule has 1 aromatic heterocycles. The van der Waals surface area contributed by atoms with E-state index in [0.717, 1.165) is 24.9 Å². The molecule has 1 aliphatic heterocycles. The largest absolute Gasteiger partial charge is 0.493 e. The van der Waals surface area contributed by atoms with E-state index in [4.69, 9.17) is 35.1 Å². The Morgan fingerprint density at radius 3 is 2.49 bits per heavy atom. The van der Waals surface area contributed by atoms with Crippen molar-refractivity contribution in [2.45, 2.75) is 19.4 Å². The van der Waals surface area contributed by atoms with Crippen molar-refractivity contribution in [3.8, 4) is 40.1 Å². The summed E-state index contributed by atoms with van der Waals surface area (Å²) in [5.74, 6) is 3.35. The van der Waals surface area contributed by atoms with Crippen LogP contribution in [0.15, 0.2) is 65.2 Å². The maximum atomic E-state index is 13.4. The smallest absolute Gasteiger partial charge is 0.241 e. The Morgan fingerprint density at radius 2 is 1.71 bits per heavy atom. The van der Waals surface area contributed by atoms with Crippen LogP contribution in [0.25, 0.3) is 11.4 Å². The number of carbonyl (C=O) groups is 1. The number of carbonyl (C=O) groups excluding carboxylic acids is 1. The molecule has 1 aliphatic rings. The lowest BCUT2D eigenvalue weighted by atomic mass is 9.97. The molecule has 1 unspecified atom stereocenters. The minimum atomic E-state index is -0.241. The van der Waals surface area contributed by atoms with Crippen LogP contribution in [-0.2, 0) is 11.3 Å². The lowest BCUT2D eigenvalue weighted by Gasteiger charge is -2.31. The molecule has 41 heavy (non-hydrogen) atoms. The van der Waals surface area contributed by atoms with E-state index < -0.39 is 0 Å². The van der Waals surface area contributed by atoms with E-state index in [-0.39, 0.29) is 11.8 Å². The summed E-state index contributed by atoms with van der Waals surface area (Å²) in [7, 11) is 4.74. The Kier molecular flexibility index (Phi) is 8.91. The van der Waals surface area contributed by atoms with Gasteiger partial charge in [-0.1, -0.05) is 28.9 Å². The molecule has 10 nitrogen and oxygen atoms in total. The fourth-order valence-electron chi connectivity index (χ4n) is 4.76. The lowest BCUT2D eigenvalue weighted by Crippen LogP contribution is -2.40. The SMILES string of the molecule is COc1ccc(-c2noc(CN3CCCC(C(=O)Nc4cc(Cl)ccc4Oc4ccccc4OC)C3)n2)cc1OC. The van der Waals surface area contributed by atoms with Gasteiger partial charge in [-0.25, -0.2) is 0 Å². The van der Waals surface area contributed by atoms with Gasteiger partial charge in [0.25, 0.3) is 0 Å². The van der Waals surface area contributed by atoms with Gasteiger partial charge in [-0.2, -0.15) is 4.98 Å². The summed E-state index contributed by atoms with van der Waals surface area (Å²) < 4.78 is 27.7. The van der Waals surface area contributed by atoms with Gasteiger partial charge in [0, 0.05) is 17.1 Å². The predicted molar refractivity (Wildman–Crippen MR) is 154 cm³/mol. The van der Waals surface area contributed by atoms with Crippen molar-refractivity contribution in [3.63, 3.8) is 0 Å². The van der Waals surface area contributed by atoms with Crippen LogP contribution in [0.5, 0.6) is 28.7 Å². The van der Waals surface area contributed by atoms with Crippen LogP contribution in [-0.4, -0.2) is 55.4 Å². The molecular formula is C30H31ClN4O6. The lowest BCUT2D eigenvalue weighted by molar-refractivity contribution is -0.121. The minimum Gasteiger partial charge on any atom is -0.493 e. The van der Waals surface area contributed by atoms with Crippen LogP contribution in [0.1, 0.15) is 18.7 Å². The van der Waals surface area contributed by atoms with E-state index in [0.29, 0.717) is 64.3 Å². The summed E-state index contributed by atoms with van der Waals surface area (Å²) in [6, 6.07) is 17.9. The van der Waals surface area contributed by atoms with Gasteiger partial charge < -0.3 is 28.8 Å². The van der Waals surface area contributed by atoms with Crippen molar-refractivity contribution < 1.29 is 28.3 Å². The third kappa shape index (κ3) is 6.72. The zero-order valence-electron chi connectivity index (χ0n) is 23.1. The summed E-state index contributed by atoms with van der Waals surface area (Å²) in [5.41, 5.74) is 1.24. The fourth-order valence-corrected chi connectivity index (χ4v) is 4.93. The first-order valence-electron chi connectivity index (χ1n) is 13.2. The minimum absolute atomic E-state index is 0.113. The number of hydrogen-bond acceptors (Lipinski definition) is 9. The van der Waals surface area contributed by atoms with Crippen LogP contribution in [0.4, 0.5) is 5.69 Å². The highest BCUT2D eigenvalue weighted by Gasteiger charge is 2.28. The topological polar surface area (TPSA) is 108 Å². The van der Waals surface area contributed by atoms with Gasteiger partial charge in [-0.05, 0) is 67.9 Å². The number of anilines is 1. The van der Waals surface area contributed by atoms with Crippen molar-refractivity contribution in [3.05, 3.63) is 71.6 Å². The average Bonchev–Trinajstić information content (AvgIpc) is 3.46. The number of halogens is 1. The number of hydrogen-bond donors (Lipinski definition) is 1. The summed E-state index contributed by atoms with van der Waals surface area (Å²) in [5, 5.41) is 7.64. The van der Waals surface area contributed by atoms with Crippen molar-refractivity contribution in [2.75, 3.05) is 39.7 Å². The molecule has 0 radical (unpaired) electrons. The Labute approximate surface area is 243 Å². The van der Waals surface area contributed by atoms with E-state index >= 15 is 0 Å². The second kappa shape index (κ2) is 12.9. The number of methoxy groups -OCH3 is 3. The number of aromatic nitrogens is 2. The molecule has 1 amide bonds. The van der Waals surface area contributed by atoms with Gasteiger partial charge in [0.2, 0.25) is 17.6 Å². The van der Waals surface area contributed by atoms with Crippen LogP contribution < -0.4 is 24.3 Å². The molecule has 4 aromatic rings. The molecule has 1 saturated heterocycles. The van der Waals surface area contributed by atoms with Gasteiger partial charge in [0.1, 0.15) is 0 Å². The Bertz CT molecular complexity index is 1510. The molecular weight excluding hydrogens is 548 g/mol. The highest BCUT2D eigenvalue weighted by Crippen LogP contribution is 2.37. The highest BCUT2D eigenvalue weighted by molar-refractivity contribution is 6.31. The normalized spacial score (nSPS) is 15.3. The van der Waals surface area contributed by atoms with Crippen LogP contribution >= 0.6 is 11.6 Å². The number of para-hydroxylation sites is 2. The molecule has 1 fully saturated rings. The molecule has 11 heteroatoms. The maximum absolute atomic E-state index is 13.4. The number of benzene rings is 3. The number of rotatable bonds is 10. The second-order valence-corrected chi connectivity index (χ2v) is 9.97. The molecule has 214 valence electrons. The van der Waals surface area contributed by atoms with E-state index in [9.17, 15) is 4.79 Å². The van der Waals surface area contributed by atoms with E-state index in [2.05, 4.69) is 20.4 Å². The first-order valence-corrected chi connectivity index (χ1v) is 13.5. The fraction of sp³-hybridized carbons (Fsp3) is 0.300.